The molecule has 3 aromatic rings. The molecule has 0 bridgehead atoms. The van der Waals surface area contributed by atoms with E-state index in [4.69, 9.17) is 4.74 Å². The Morgan fingerprint density at radius 1 is 1.27 bits per heavy atom. The van der Waals surface area contributed by atoms with E-state index in [9.17, 15) is 4.79 Å². The van der Waals surface area contributed by atoms with Crippen molar-refractivity contribution in [3.05, 3.63) is 35.7 Å². The number of Topliss-reactive ketones (excluding diaryl/α,β-unsaturated/α-hetero) is 1. The Morgan fingerprint density at radius 2 is 2.13 bits per heavy atom. The van der Waals surface area contributed by atoms with Crippen molar-refractivity contribution in [2.45, 2.75) is 57.8 Å². The van der Waals surface area contributed by atoms with Gasteiger partial charge >= 0.3 is 5.95 Å². The number of nitrogens with one attached hydrogen (secondary N) is 3. The third kappa shape index (κ3) is 3.76. The minimum Gasteiger partial charge on any atom is -0.466 e. The van der Waals surface area contributed by atoms with Gasteiger partial charge in [0.2, 0.25) is 0 Å². The van der Waals surface area contributed by atoms with Crippen LogP contribution in [0.4, 0.5) is 11.6 Å². The molecule has 5 rings (SSSR count). The monoisotopic (exact) mass is 406 g/mol. The van der Waals surface area contributed by atoms with Crippen LogP contribution < -0.4 is 15.0 Å². The van der Waals surface area contributed by atoms with Crippen LogP contribution in [-0.2, 0) is 11.2 Å². The van der Waals surface area contributed by atoms with Crippen molar-refractivity contribution >= 4 is 28.6 Å². The number of H-pyrrole nitrogens is 2. The zero-order valence-corrected chi connectivity index (χ0v) is 17.3. The molecule has 156 valence electrons. The molecule has 1 saturated carbocycles. The maximum Gasteiger partial charge on any atom is 0.399 e. The summed E-state index contributed by atoms with van der Waals surface area (Å²) < 4.78 is 6.17. The lowest BCUT2D eigenvalue weighted by atomic mass is 9.90. The Morgan fingerprint density at radius 3 is 2.97 bits per heavy atom. The molecule has 1 fully saturated rings. The zero-order chi connectivity index (χ0) is 20.5. The fourth-order valence-corrected chi connectivity index (χ4v) is 4.82. The Balaban J connectivity index is 1.36. The molecule has 2 aliphatic rings. The first kappa shape index (κ1) is 19.0. The van der Waals surface area contributed by atoms with Gasteiger partial charge in [-0.15, -0.1) is 0 Å². The fourth-order valence-electron chi connectivity index (χ4n) is 4.82. The maximum absolute atomic E-state index is 11.8. The first-order chi connectivity index (χ1) is 14.7. The molecule has 0 radical (unpaired) electrons. The normalized spacial score (nSPS) is 19.0. The number of benzene rings is 1. The lowest BCUT2D eigenvalue weighted by Crippen LogP contribution is -2.21. The van der Waals surface area contributed by atoms with E-state index >= 15 is 0 Å². The number of aryl methyl sites for hydroxylation is 1. The van der Waals surface area contributed by atoms with Crippen LogP contribution in [0.1, 0.15) is 62.5 Å². The summed E-state index contributed by atoms with van der Waals surface area (Å²) >= 11 is 0. The molecule has 0 spiro atoms. The van der Waals surface area contributed by atoms with Gasteiger partial charge in [-0.05, 0) is 66.8 Å². The third-order valence-electron chi connectivity index (χ3n) is 6.46. The van der Waals surface area contributed by atoms with E-state index in [-0.39, 0.29) is 11.7 Å². The molecule has 2 aliphatic carbocycles. The second-order valence-corrected chi connectivity index (χ2v) is 8.57. The third-order valence-corrected chi connectivity index (χ3v) is 6.46. The lowest BCUT2D eigenvalue weighted by molar-refractivity contribution is -0.380. The zero-order valence-electron chi connectivity index (χ0n) is 17.3. The largest absolute Gasteiger partial charge is 0.466 e. The van der Waals surface area contributed by atoms with E-state index in [1.807, 2.05) is 6.07 Å². The van der Waals surface area contributed by atoms with Crippen molar-refractivity contribution < 1.29 is 14.5 Å². The lowest BCUT2D eigenvalue weighted by Gasteiger charge is -2.21. The predicted molar refractivity (Wildman–Crippen MR) is 114 cm³/mol. The van der Waals surface area contributed by atoms with E-state index in [1.54, 1.807) is 13.3 Å². The number of ether oxygens (including phenoxy) is 1. The van der Waals surface area contributed by atoms with Gasteiger partial charge in [-0.25, -0.2) is 15.3 Å². The summed E-state index contributed by atoms with van der Waals surface area (Å²) in [5.74, 6) is 2.16. The quantitative estimate of drug-likeness (QED) is 0.643. The number of carbonyl (C=O) groups excluding carboxylic acids is 1. The number of carbonyl (C=O) groups is 1. The first-order valence-corrected chi connectivity index (χ1v) is 11.0. The van der Waals surface area contributed by atoms with Crippen LogP contribution in [0.2, 0.25) is 0 Å². The SMILES string of the molecule is CC(=O)C1CCc2cc(Nc3nc4nc[nH]c4c(OCC4CCCCC4)[nH+]3)ccc21. The number of anilines is 2. The van der Waals surface area contributed by atoms with Crippen LogP contribution in [0.3, 0.4) is 0 Å². The fraction of sp³-hybridized carbons (Fsp3) is 0.478. The minimum absolute atomic E-state index is 0.0407. The minimum atomic E-state index is 0.0407. The number of ketones is 1. The van der Waals surface area contributed by atoms with Gasteiger partial charge in [-0.2, -0.15) is 0 Å². The molecular formula is C23H28N5O2+. The van der Waals surface area contributed by atoms with Gasteiger partial charge in [-0.3, -0.25) is 4.79 Å². The molecule has 3 N–H and O–H groups in total. The summed E-state index contributed by atoms with van der Waals surface area (Å²) in [6.07, 6.45) is 9.87. The molecule has 1 aromatic carbocycles. The Hall–Kier alpha value is -2.96. The van der Waals surface area contributed by atoms with Gasteiger partial charge in [0, 0.05) is 5.92 Å². The molecule has 7 heteroatoms. The Bertz CT molecular complexity index is 1070. The molecule has 0 saturated heterocycles. The highest BCUT2D eigenvalue weighted by Crippen LogP contribution is 2.35. The molecule has 30 heavy (non-hydrogen) atoms. The van der Waals surface area contributed by atoms with Gasteiger partial charge in [-0.1, -0.05) is 25.3 Å². The summed E-state index contributed by atoms with van der Waals surface area (Å²) in [5.41, 5.74) is 4.73. The van der Waals surface area contributed by atoms with E-state index in [0.29, 0.717) is 30.0 Å². The van der Waals surface area contributed by atoms with Gasteiger partial charge < -0.3 is 9.72 Å². The van der Waals surface area contributed by atoms with Gasteiger partial charge in [0.1, 0.15) is 5.78 Å². The topological polar surface area (TPSA) is 94.0 Å². The summed E-state index contributed by atoms with van der Waals surface area (Å²) in [4.78, 5) is 27.2. The van der Waals surface area contributed by atoms with E-state index in [2.05, 4.69) is 37.4 Å². The number of hydrogen-bond acceptors (Lipinski definition) is 5. The Kier molecular flexibility index (Phi) is 5.11. The molecule has 1 atom stereocenters. The molecule has 0 aliphatic heterocycles. The van der Waals surface area contributed by atoms with Gasteiger partial charge in [0.05, 0.1) is 18.6 Å². The van der Waals surface area contributed by atoms with Gasteiger partial charge in [0.25, 0.3) is 11.5 Å². The number of nitrogens with zero attached hydrogens (tertiary/aromatic N) is 2. The molecule has 2 heterocycles. The van der Waals surface area contributed by atoms with Crippen molar-refractivity contribution in [1.82, 2.24) is 15.0 Å². The van der Waals surface area contributed by atoms with Crippen LogP contribution in [0, 0.1) is 5.92 Å². The van der Waals surface area contributed by atoms with Crippen LogP contribution in [0.15, 0.2) is 24.5 Å². The smallest absolute Gasteiger partial charge is 0.399 e. The second kappa shape index (κ2) is 8.05. The molecule has 7 nitrogen and oxygen atoms in total. The number of hydrogen-bond donors (Lipinski definition) is 2. The van der Waals surface area contributed by atoms with Gasteiger partial charge in [0.15, 0.2) is 5.52 Å². The number of rotatable bonds is 6. The molecule has 0 amide bonds. The van der Waals surface area contributed by atoms with Crippen molar-refractivity contribution in [2.75, 3.05) is 11.9 Å². The molecule has 2 aromatic heterocycles. The maximum atomic E-state index is 11.8. The average molecular weight is 407 g/mol. The highest BCUT2D eigenvalue weighted by Gasteiger charge is 2.27. The van der Waals surface area contributed by atoms with Crippen molar-refractivity contribution in [2.24, 2.45) is 5.92 Å². The van der Waals surface area contributed by atoms with Crippen LogP contribution >= 0.6 is 0 Å². The second-order valence-electron chi connectivity index (χ2n) is 8.57. The first-order valence-electron chi connectivity index (χ1n) is 11.0. The summed E-state index contributed by atoms with van der Waals surface area (Å²) in [7, 11) is 0. The van der Waals surface area contributed by atoms with E-state index in [1.165, 1.54) is 37.7 Å². The van der Waals surface area contributed by atoms with E-state index in [0.717, 1.165) is 29.6 Å². The van der Waals surface area contributed by atoms with Crippen LogP contribution in [-0.4, -0.2) is 27.3 Å². The predicted octanol–water partition coefficient (Wildman–Crippen LogP) is 4.09. The summed E-state index contributed by atoms with van der Waals surface area (Å²) in [6, 6.07) is 6.18. The Labute approximate surface area is 175 Å². The number of aromatic amines is 2. The number of fused-ring (bicyclic) bond motifs is 2. The molecular weight excluding hydrogens is 378 g/mol. The van der Waals surface area contributed by atoms with Crippen molar-refractivity contribution in [3.63, 3.8) is 0 Å². The van der Waals surface area contributed by atoms with Crippen LogP contribution in [0.25, 0.3) is 11.2 Å². The van der Waals surface area contributed by atoms with Crippen molar-refractivity contribution in [3.8, 4) is 5.88 Å². The highest BCUT2D eigenvalue weighted by molar-refractivity contribution is 5.85. The number of aromatic nitrogens is 4. The van der Waals surface area contributed by atoms with E-state index < -0.39 is 0 Å². The summed E-state index contributed by atoms with van der Waals surface area (Å²) in [6.45, 7) is 2.39. The van der Waals surface area contributed by atoms with Crippen molar-refractivity contribution in [1.29, 1.82) is 0 Å². The molecule has 1 unspecified atom stereocenters. The number of imidazole rings is 1. The summed E-state index contributed by atoms with van der Waals surface area (Å²) in [5, 5.41) is 3.35. The highest BCUT2D eigenvalue weighted by atomic mass is 16.5. The standard InChI is InChI=1S/C23H27N5O2/c1-14(29)18-9-7-16-11-17(8-10-19(16)18)26-23-27-21-20(24-13-25-21)22(28-23)30-12-15-5-3-2-4-6-15/h8,10-11,13,15,18H,2-7,9,12H2,1H3,(H2,24,25,26,27,28)/p+1. The average Bonchev–Trinajstić information content (AvgIpc) is 3.39. The van der Waals surface area contributed by atoms with Crippen LogP contribution in [0.5, 0.6) is 5.88 Å².